The molecule has 80 valence electrons. The van der Waals surface area contributed by atoms with E-state index in [0.717, 1.165) is 12.8 Å². The molecule has 0 spiro atoms. The number of allylic oxidation sites excluding steroid dienone is 1. The second-order valence-electron chi connectivity index (χ2n) is 4.00. The molecule has 0 radical (unpaired) electrons. The molecular weight excluding hydrogens is 172 g/mol. The molecule has 1 N–H and O–H groups in total. The summed E-state index contributed by atoms with van der Waals surface area (Å²) in [4.78, 5) is 0. The lowest BCUT2D eigenvalue weighted by molar-refractivity contribution is 0.545. The van der Waals surface area contributed by atoms with Gasteiger partial charge in [0, 0.05) is 12.5 Å². The van der Waals surface area contributed by atoms with E-state index in [1.807, 2.05) is 7.05 Å². The van der Waals surface area contributed by atoms with Crippen molar-refractivity contribution in [2.45, 2.75) is 46.1 Å². The van der Waals surface area contributed by atoms with E-state index in [1.165, 1.54) is 5.57 Å². The van der Waals surface area contributed by atoms with Gasteiger partial charge in [0.1, 0.15) is 0 Å². The Bertz CT molecular complexity index is 213. The summed E-state index contributed by atoms with van der Waals surface area (Å²) in [6.07, 6.45) is 5.05. The van der Waals surface area contributed by atoms with E-state index in [1.54, 1.807) is 0 Å². The number of hydrogen-bond acceptors (Lipinski definition) is 2. The fourth-order valence-electron chi connectivity index (χ4n) is 1.22. The fourth-order valence-corrected chi connectivity index (χ4v) is 1.22. The van der Waals surface area contributed by atoms with Gasteiger partial charge in [-0.2, -0.15) is 5.26 Å². The third-order valence-corrected chi connectivity index (χ3v) is 2.71. The Hall–Kier alpha value is -0.810. The van der Waals surface area contributed by atoms with Crippen molar-refractivity contribution in [1.29, 1.82) is 5.26 Å². The van der Waals surface area contributed by atoms with Crippen molar-refractivity contribution in [3.63, 3.8) is 0 Å². The molecule has 0 aliphatic carbocycles. The molecular formula is C12H22N2. The Morgan fingerprint density at radius 2 is 2.14 bits per heavy atom. The van der Waals surface area contributed by atoms with Crippen molar-refractivity contribution >= 4 is 0 Å². The molecule has 0 aromatic carbocycles. The van der Waals surface area contributed by atoms with Crippen LogP contribution in [0.2, 0.25) is 0 Å². The topological polar surface area (TPSA) is 35.8 Å². The average Bonchev–Trinajstić information content (AvgIpc) is 2.21. The van der Waals surface area contributed by atoms with Crippen molar-refractivity contribution in [3.8, 4) is 6.07 Å². The van der Waals surface area contributed by atoms with Gasteiger partial charge >= 0.3 is 0 Å². The molecule has 0 saturated carbocycles. The summed E-state index contributed by atoms with van der Waals surface area (Å²) in [5.41, 5.74) is 1.39. The van der Waals surface area contributed by atoms with Gasteiger partial charge in [-0.3, -0.25) is 0 Å². The maximum absolute atomic E-state index is 8.44. The summed E-state index contributed by atoms with van der Waals surface area (Å²) in [5.74, 6) is 0.619. The van der Waals surface area contributed by atoms with Crippen molar-refractivity contribution in [3.05, 3.63) is 11.6 Å². The normalized spacial score (nSPS) is 16.1. The van der Waals surface area contributed by atoms with Crippen LogP contribution < -0.4 is 5.32 Å². The summed E-state index contributed by atoms with van der Waals surface area (Å²) in [6.45, 7) is 6.51. The van der Waals surface area contributed by atoms with Crippen molar-refractivity contribution in [2.24, 2.45) is 5.92 Å². The third-order valence-electron chi connectivity index (χ3n) is 2.71. The standard InChI is InChI=1S/C12H22N2/c1-10(6-5-9-13)7-8-11(2)12(3)14-4/h8,10,12,14H,5-7H2,1-4H3/b11-8-/t10?,12-/m0/s1. The molecule has 0 fully saturated rings. The second kappa shape index (κ2) is 7.58. The predicted molar refractivity (Wildman–Crippen MR) is 60.9 cm³/mol. The lowest BCUT2D eigenvalue weighted by atomic mass is 9.99. The molecule has 0 bridgehead atoms. The van der Waals surface area contributed by atoms with Crippen molar-refractivity contribution in [2.75, 3.05) is 7.05 Å². The van der Waals surface area contributed by atoms with Crippen LogP contribution in [0.15, 0.2) is 11.6 Å². The van der Waals surface area contributed by atoms with Crippen LogP contribution in [0.1, 0.15) is 40.0 Å². The van der Waals surface area contributed by atoms with E-state index in [-0.39, 0.29) is 0 Å². The highest BCUT2D eigenvalue weighted by atomic mass is 14.8. The Morgan fingerprint density at radius 3 is 2.64 bits per heavy atom. The summed E-state index contributed by atoms with van der Waals surface area (Å²) in [5, 5.41) is 11.7. The summed E-state index contributed by atoms with van der Waals surface area (Å²) >= 11 is 0. The highest BCUT2D eigenvalue weighted by molar-refractivity contribution is 5.06. The Morgan fingerprint density at radius 1 is 1.50 bits per heavy atom. The van der Waals surface area contributed by atoms with Crippen molar-refractivity contribution in [1.82, 2.24) is 5.32 Å². The van der Waals surface area contributed by atoms with Crippen LogP contribution >= 0.6 is 0 Å². The van der Waals surface area contributed by atoms with Gasteiger partial charge in [-0.15, -0.1) is 0 Å². The van der Waals surface area contributed by atoms with Gasteiger partial charge in [0.05, 0.1) is 6.07 Å². The van der Waals surface area contributed by atoms with Gasteiger partial charge in [-0.1, -0.05) is 18.6 Å². The minimum absolute atomic E-state index is 0.457. The minimum Gasteiger partial charge on any atom is -0.314 e. The van der Waals surface area contributed by atoms with E-state index < -0.39 is 0 Å². The first-order chi connectivity index (χ1) is 6.61. The molecule has 2 atom stereocenters. The molecule has 0 amide bonds. The van der Waals surface area contributed by atoms with E-state index >= 15 is 0 Å². The van der Waals surface area contributed by atoms with Crippen LogP contribution in [-0.2, 0) is 0 Å². The minimum atomic E-state index is 0.457. The summed E-state index contributed by atoms with van der Waals surface area (Å²) in [6, 6.07) is 2.64. The van der Waals surface area contributed by atoms with Crippen LogP contribution in [0.5, 0.6) is 0 Å². The van der Waals surface area contributed by atoms with Crippen LogP contribution in [-0.4, -0.2) is 13.1 Å². The zero-order chi connectivity index (χ0) is 11.0. The highest BCUT2D eigenvalue weighted by Gasteiger charge is 2.02. The average molecular weight is 194 g/mol. The molecule has 0 rings (SSSR count). The molecule has 0 aromatic rings. The summed E-state index contributed by atoms with van der Waals surface area (Å²) < 4.78 is 0. The number of rotatable bonds is 6. The quantitative estimate of drug-likeness (QED) is 0.660. The van der Waals surface area contributed by atoms with E-state index in [0.29, 0.717) is 18.4 Å². The first kappa shape index (κ1) is 13.2. The zero-order valence-electron chi connectivity index (χ0n) is 9.80. The lowest BCUT2D eigenvalue weighted by Gasteiger charge is -2.12. The molecule has 0 aliphatic heterocycles. The Labute approximate surface area is 88.0 Å². The van der Waals surface area contributed by atoms with Crippen molar-refractivity contribution < 1.29 is 0 Å². The number of nitriles is 1. The fraction of sp³-hybridized carbons (Fsp3) is 0.750. The van der Waals surface area contributed by atoms with Gasteiger partial charge < -0.3 is 5.32 Å². The number of nitrogens with zero attached hydrogens (tertiary/aromatic N) is 1. The zero-order valence-corrected chi connectivity index (χ0v) is 9.80. The maximum atomic E-state index is 8.44. The van der Waals surface area contributed by atoms with E-state index in [2.05, 4.69) is 38.2 Å². The van der Waals surface area contributed by atoms with Crippen LogP contribution in [0.4, 0.5) is 0 Å². The number of nitrogens with one attached hydrogen (secondary N) is 1. The van der Waals surface area contributed by atoms with Crippen LogP contribution in [0.25, 0.3) is 0 Å². The van der Waals surface area contributed by atoms with Gasteiger partial charge in [0.2, 0.25) is 0 Å². The molecule has 14 heavy (non-hydrogen) atoms. The Kier molecular flexibility index (Phi) is 7.14. The summed E-state index contributed by atoms with van der Waals surface area (Å²) in [7, 11) is 1.97. The smallest absolute Gasteiger partial charge is 0.0621 e. The molecule has 0 aromatic heterocycles. The molecule has 2 nitrogen and oxygen atoms in total. The van der Waals surface area contributed by atoms with Crippen LogP contribution in [0.3, 0.4) is 0 Å². The predicted octanol–water partition coefficient (Wildman–Crippen LogP) is 2.87. The number of hydrogen-bond donors (Lipinski definition) is 1. The second-order valence-corrected chi connectivity index (χ2v) is 4.00. The van der Waals surface area contributed by atoms with Crippen LogP contribution in [0, 0.1) is 17.2 Å². The van der Waals surface area contributed by atoms with E-state index in [9.17, 15) is 0 Å². The third kappa shape index (κ3) is 5.77. The maximum Gasteiger partial charge on any atom is 0.0621 e. The van der Waals surface area contributed by atoms with Gasteiger partial charge in [-0.25, -0.2) is 0 Å². The number of likely N-dealkylation sites (N-methyl/N-ethyl adjacent to an activating group) is 1. The molecule has 2 heteroatoms. The lowest BCUT2D eigenvalue weighted by Crippen LogP contribution is -2.22. The SMILES string of the molecule is CN[C@@H](C)/C(C)=C\CC(C)CCC#N. The molecule has 0 aliphatic rings. The highest BCUT2D eigenvalue weighted by Crippen LogP contribution is 2.12. The monoisotopic (exact) mass is 194 g/mol. The first-order valence-electron chi connectivity index (χ1n) is 5.32. The molecule has 0 saturated heterocycles. The molecule has 0 heterocycles. The Balaban J connectivity index is 3.84. The molecule has 1 unspecified atom stereocenters. The largest absolute Gasteiger partial charge is 0.314 e. The first-order valence-corrected chi connectivity index (χ1v) is 5.32. The van der Waals surface area contributed by atoms with E-state index in [4.69, 9.17) is 5.26 Å². The van der Waals surface area contributed by atoms with Gasteiger partial charge in [0.25, 0.3) is 0 Å². The van der Waals surface area contributed by atoms with Gasteiger partial charge in [0.15, 0.2) is 0 Å². The van der Waals surface area contributed by atoms with Gasteiger partial charge in [-0.05, 0) is 39.7 Å².